The molecule has 2 atom stereocenters. The third kappa shape index (κ3) is 8.18. The van der Waals surface area contributed by atoms with Gasteiger partial charge in [-0.05, 0) is 38.5 Å². The first kappa shape index (κ1) is 18.9. The van der Waals surface area contributed by atoms with Crippen LogP contribution in [0.15, 0.2) is 0 Å². The SMILES string of the molecule is CCC(CC(C)C(=O)NC(C)(C)CC(C)(C)C)NC=O. The number of carbonyl (C=O) groups excluding carboxylic acids is 2. The normalized spacial score (nSPS) is 15.3. The van der Waals surface area contributed by atoms with Gasteiger partial charge in [0.25, 0.3) is 0 Å². The van der Waals surface area contributed by atoms with Crippen LogP contribution in [0.2, 0.25) is 0 Å². The van der Waals surface area contributed by atoms with Gasteiger partial charge in [0.15, 0.2) is 0 Å². The number of hydrogen-bond acceptors (Lipinski definition) is 2. The molecule has 0 radical (unpaired) electrons. The molecule has 2 unspecified atom stereocenters. The summed E-state index contributed by atoms with van der Waals surface area (Å²) in [5.74, 6) is -0.0444. The van der Waals surface area contributed by atoms with Crippen LogP contribution in [0.3, 0.4) is 0 Å². The molecule has 4 heteroatoms. The van der Waals surface area contributed by atoms with E-state index in [9.17, 15) is 9.59 Å². The molecule has 0 bridgehead atoms. The maximum atomic E-state index is 12.3. The molecule has 0 aliphatic rings. The van der Waals surface area contributed by atoms with Crippen molar-refractivity contribution in [2.75, 3.05) is 0 Å². The molecule has 0 aromatic carbocycles. The topological polar surface area (TPSA) is 58.2 Å². The number of rotatable bonds is 8. The summed E-state index contributed by atoms with van der Waals surface area (Å²) < 4.78 is 0. The van der Waals surface area contributed by atoms with Gasteiger partial charge in [-0.2, -0.15) is 0 Å². The van der Waals surface area contributed by atoms with E-state index < -0.39 is 0 Å². The van der Waals surface area contributed by atoms with Crippen molar-refractivity contribution < 1.29 is 9.59 Å². The molecule has 2 N–H and O–H groups in total. The molecule has 20 heavy (non-hydrogen) atoms. The first-order valence-corrected chi connectivity index (χ1v) is 7.52. The third-order valence-corrected chi connectivity index (χ3v) is 3.32. The smallest absolute Gasteiger partial charge is 0.223 e. The van der Waals surface area contributed by atoms with Gasteiger partial charge in [-0.3, -0.25) is 9.59 Å². The van der Waals surface area contributed by atoms with Gasteiger partial charge < -0.3 is 10.6 Å². The molecule has 0 aromatic rings. The number of nitrogens with one attached hydrogen (secondary N) is 2. The Labute approximate surface area is 124 Å². The lowest BCUT2D eigenvalue weighted by molar-refractivity contribution is -0.127. The summed E-state index contributed by atoms with van der Waals surface area (Å²) >= 11 is 0. The molecule has 0 heterocycles. The molecule has 0 aliphatic carbocycles. The Morgan fingerprint density at radius 3 is 2.15 bits per heavy atom. The average molecular weight is 284 g/mol. The number of amides is 2. The van der Waals surface area contributed by atoms with Crippen molar-refractivity contribution in [2.45, 2.75) is 79.3 Å². The van der Waals surface area contributed by atoms with E-state index in [1.807, 2.05) is 13.8 Å². The monoisotopic (exact) mass is 284 g/mol. The molecule has 0 saturated carbocycles. The summed E-state index contributed by atoms with van der Waals surface area (Å²) in [4.78, 5) is 22.8. The van der Waals surface area contributed by atoms with Crippen LogP contribution in [-0.4, -0.2) is 23.9 Å². The van der Waals surface area contributed by atoms with Gasteiger partial charge in [0.05, 0.1) is 0 Å². The highest BCUT2D eigenvalue weighted by atomic mass is 16.2. The van der Waals surface area contributed by atoms with E-state index >= 15 is 0 Å². The summed E-state index contributed by atoms with van der Waals surface area (Å²) in [5.41, 5.74) is -0.0472. The van der Waals surface area contributed by atoms with Gasteiger partial charge in [0.1, 0.15) is 0 Å². The van der Waals surface area contributed by atoms with Gasteiger partial charge in [0, 0.05) is 17.5 Å². The van der Waals surface area contributed by atoms with E-state index in [4.69, 9.17) is 0 Å². The molecule has 0 spiro atoms. The van der Waals surface area contributed by atoms with Crippen molar-refractivity contribution in [3.8, 4) is 0 Å². The predicted molar refractivity (Wildman–Crippen MR) is 83.4 cm³/mol. The highest BCUT2D eigenvalue weighted by Crippen LogP contribution is 2.27. The van der Waals surface area contributed by atoms with Crippen molar-refractivity contribution in [1.29, 1.82) is 0 Å². The molecule has 0 aliphatic heterocycles. The first-order valence-electron chi connectivity index (χ1n) is 7.52. The van der Waals surface area contributed by atoms with E-state index in [0.29, 0.717) is 12.8 Å². The van der Waals surface area contributed by atoms with E-state index in [0.717, 1.165) is 12.8 Å². The minimum absolute atomic E-state index is 0.0606. The van der Waals surface area contributed by atoms with E-state index in [-0.39, 0.29) is 28.8 Å². The highest BCUT2D eigenvalue weighted by molar-refractivity contribution is 5.79. The van der Waals surface area contributed by atoms with E-state index in [2.05, 4.69) is 45.3 Å². The maximum absolute atomic E-state index is 12.3. The fourth-order valence-corrected chi connectivity index (χ4v) is 2.81. The summed E-state index contributed by atoms with van der Waals surface area (Å²) in [7, 11) is 0. The second-order valence-electron chi connectivity index (χ2n) is 7.64. The summed E-state index contributed by atoms with van der Waals surface area (Å²) in [6, 6.07) is 0.0685. The second-order valence-corrected chi connectivity index (χ2v) is 7.64. The van der Waals surface area contributed by atoms with Gasteiger partial charge in [-0.15, -0.1) is 0 Å². The fourth-order valence-electron chi connectivity index (χ4n) is 2.81. The zero-order chi connectivity index (χ0) is 16.0. The van der Waals surface area contributed by atoms with Gasteiger partial charge in [-0.1, -0.05) is 34.6 Å². The molecular formula is C16H32N2O2. The van der Waals surface area contributed by atoms with Crippen LogP contribution in [0.4, 0.5) is 0 Å². The Kier molecular flexibility index (Phi) is 7.25. The minimum Gasteiger partial charge on any atom is -0.356 e. The molecule has 118 valence electrons. The zero-order valence-corrected chi connectivity index (χ0v) is 14.2. The standard InChI is InChI=1S/C16H32N2O2/c1-8-13(17-11-19)9-12(2)14(20)18-16(6,7)10-15(3,4)5/h11-13H,8-10H2,1-7H3,(H,17,19)(H,18,20). The lowest BCUT2D eigenvalue weighted by Crippen LogP contribution is -2.48. The maximum Gasteiger partial charge on any atom is 0.223 e. The summed E-state index contributed by atoms with van der Waals surface area (Å²) in [6.07, 6.45) is 3.14. The van der Waals surface area contributed by atoms with Crippen LogP contribution < -0.4 is 10.6 Å². The van der Waals surface area contributed by atoms with Gasteiger partial charge >= 0.3 is 0 Å². The van der Waals surface area contributed by atoms with Crippen molar-refractivity contribution >= 4 is 12.3 Å². The minimum atomic E-state index is -0.219. The predicted octanol–water partition coefficient (Wildman–Crippen LogP) is 2.87. The summed E-state index contributed by atoms with van der Waals surface area (Å²) in [6.45, 7) is 14.6. The Balaban J connectivity index is 4.48. The van der Waals surface area contributed by atoms with Crippen LogP contribution in [0.1, 0.15) is 67.7 Å². The molecule has 0 aromatic heterocycles. The largest absolute Gasteiger partial charge is 0.356 e. The Bertz CT molecular complexity index is 319. The van der Waals surface area contributed by atoms with Crippen molar-refractivity contribution in [3.63, 3.8) is 0 Å². The number of hydrogen-bond donors (Lipinski definition) is 2. The van der Waals surface area contributed by atoms with E-state index in [1.54, 1.807) is 0 Å². The molecular weight excluding hydrogens is 252 g/mol. The lowest BCUT2D eigenvalue weighted by Gasteiger charge is -2.34. The van der Waals surface area contributed by atoms with Crippen LogP contribution in [0, 0.1) is 11.3 Å². The first-order chi connectivity index (χ1) is 9.00. The quantitative estimate of drug-likeness (QED) is 0.673. The Morgan fingerprint density at radius 2 is 1.75 bits per heavy atom. The molecule has 4 nitrogen and oxygen atoms in total. The molecule has 0 fully saturated rings. The third-order valence-electron chi connectivity index (χ3n) is 3.32. The molecule has 0 rings (SSSR count). The van der Waals surface area contributed by atoms with Crippen molar-refractivity contribution in [3.05, 3.63) is 0 Å². The molecule has 2 amide bonds. The van der Waals surface area contributed by atoms with Crippen LogP contribution in [0.25, 0.3) is 0 Å². The second kappa shape index (κ2) is 7.65. The van der Waals surface area contributed by atoms with E-state index in [1.165, 1.54) is 0 Å². The van der Waals surface area contributed by atoms with Crippen molar-refractivity contribution in [1.82, 2.24) is 10.6 Å². The van der Waals surface area contributed by atoms with Crippen LogP contribution in [0.5, 0.6) is 0 Å². The Hall–Kier alpha value is -1.06. The molecule has 0 saturated heterocycles. The van der Waals surface area contributed by atoms with Crippen molar-refractivity contribution in [2.24, 2.45) is 11.3 Å². The van der Waals surface area contributed by atoms with Gasteiger partial charge in [-0.25, -0.2) is 0 Å². The Morgan fingerprint density at radius 1 is 1.20 bits per heavy atom. The highest BCUT2D eigenvalue weighted by Gasteiger charge is 2.29. The zero-order valence-electron chi connectivity index (χ0n) is 14.2. The van der Waals surface area contributed by atoms with Crippen LogP contribution >= 0.6 is 0 Å². The fraction of sp³-hybridized carbons (Fsp3) is 0.875. The van der Waals surface area contributed by atoms with Crippen LogP contribution in [-0.2, 0) is 9.59 Å². The average Bonchev–Trinajstić information content (AvgIpc) is 2.23. The number of carbonyl (C=O) groups is 2. The summed E-state index contributed by atoms with van der Waals surface area (Å²) in [5, 5.41) is 5.89. The van der Waals surface area contributed by atoms with Gasteiger partial charge in [0.2, 0.25) is 12.3 Å². The lowest BCUT2D eigenvalue weighted by atomic mass is 9.81.